The molecule has 1 rings (SSSR count). The van der Waals surface area contributed by atoms with Crippen LogP contribution in [0.4, 0.5) is 11.4 Å². The molecular formula is C9H5N4O5-. The van der Waals surface area contributed by atoms with Crippen LogP contribution in [0.25, 0.3) is 5.41 Å². The van der Waals surface area contributed by atoms with Gasteiger partial charge in [-0.15, -0.1) is 0 Å². The highest BCUT2D eigenvalue weighted by molar-refractivity contribution is 6.07. The van der Waals surface area contributed by atoms with Gasteiger partial charge in [0, 0.05) is 17.8 Å². The first kappa shape index (κ1) is 13.0. The van der Waals surface area contributed by atoms with Gasteiger partial charge in [0.25, 0.3) is 5.69 Å². The van der Waals surface area contributed by atoms with Crippen LogP contribution in [0, 0.1) is 20.2 Å². The summed E-state index contributed by atoms with van der Waals surface area (Å²) in [7, 11) is 0. The molecule has 9 nitrogen and oxygen atoms in total. The molecule has 0 bridgehead atoms. The second-order valence-corrected chi connectivity index (χ2v) is 2.98. The van der Waals surface area contributed by atoms with Crippen molar-refractivity contribution in [2.75, 3.05) is 5.32 Å². The van der Waals surface area contributed by atoms with E-state index in [0.717, 1.165) is 18.0 Å². The van der Waals surface area contributed by atoms with Crippen LogP contribution in [-0.2, 0) is 4.79 Å². The van der Waals surface area contributed by atoms with Crippen LogP contribution >= 0.6 is 0 Å². The molecule has 1 N–H and O–H groups in total. The summed E-state index contributed by atoms with van der Waals surface area (Å²) < 4.78 is 0. The van der Waals surface area contributed by atoms with Gasteiger partial charge in [0.1, 0.15) is 0 Å². The number of benzene rings is 1. The Morgan fingerprint density at radius 1 is 1.22 bits per heavy atom. The van der Waals surface area contributed by atoms with Gasteiger partial charge in [-0.05, 0) is 12.1 Å². The van der Waals surface area contributed by atoms with Gasteiger partial charge in [-0.1, -0.05) is 0 Å². The quantitative estimate of drug-likeness (QED) is 0.366. The number of carbonyl (C=O) groups is 1. The lowest BCUT2D eigenvalue weighted by molar-refractivity contribution is -0.415. The first-order chi connectivity index (χ1) is 8.45. The minimum absolute atomic E-state index is 0.111. The first-order valence-corrected chi connectivity index (χ1v) is 4.43. The fraction of sp³-hybridized carbons (Fsp3) is 0. The van der Waals surface area contributed by atoms with Crippen molar-refractivity contribution in [3.63, 3.8) is 0 Å². The number of nitrogens with zero attached hydrogens (tertiary/aromatic N) is 3. The molecule has 0 aliphatic rings. The molecule has 1 aromatic rings. The van der Waals surface area contributed by atoms with E-state index in [1.165, 1.54) is 12.1 Å². The van der Waals surface area contributed by atoms with Crippen LogP contribution in [-0.4, -0.2) is 21.6 Å². The highest BCUT2D eigenvalue weighted by Gasteiger charge is 2.19. The Hall–Kier alpha value is -3.06. The van der Waals surface area contributed by atoms with Crippen molar-refractivity contribution < 1.29 is 14.6 Å². The maximum atomic E-state index is 11.3. The van der Waals surface area contributed by atoms with Crippen LogP contribution in [0.1, 0.15) is 0 Å². The Morgan fingerprint density at radius 2 is 1.78 bits per heavy atom. The molecule has 1 aromatic carbocycles. The molecule has 0 saturated heterocycles. The molecule has 0 radical (unpaired) electrons. The monoisotopic (exact) mass is 249 g/mol. The molecule has 0 unspecified atom stereocenters. The zero-order valence-corrected chi connectivity index (χ0v) is 8.69. The fourth-order valence-corrected chi connectivity index (χ4v) is 1.03. The van der Waals surface area contributed by atoms with E-state index in [1.807, 2.05) is 0 Å². The number of nitro groups is 2. The maximum Gasteiger partial charge on any atom is 0.353 e. The van der Waals surface area contributed by atoms with Crippen LogP contribution in [0.5, 0.6) is 0 Å². The minimum Gasteiger partial charge on any atom is -0.757 e. The third kappa shape index (κ3) is 2.97. The predicted molar refractivity (Wildman–Crippen MR) is 60.6 cm³/mol. The molecule has 0 aromatic heterocycles. The average molecular weight is 249 g/mol. The van der Waals surface area contributed by atoms with Crippen molar-refractivity contribution in [2.45, 2.75) is 0 Å². The fourth-order valence-electron chi connectivity index (χ4n) is 1.03. The largest absolute Gasteiger partial charge is 0.757 e. The van der Waals surface area contributed by atoms with Crippen molar-refractivity contribution in [3.8, 4) is 0 Å². The van der Waals surface area contributed by atoms with E-state index in [1.54, 1.807) is 0 Å². The van der Waals surface area contributed by atoms with Crippen molar-refractivity contribution in [2.24, 2.45) is 0 Å². The average Bonchev–Trinajstić information content (AvgIpc) is 2.29. The van der Waals surface area contributed by atoms with E-state index in [0.29, 0.717) is 0 Å². The second-order valence-electron chi connectivity index (χ2n) is 2.98. The topological polar surface area (TPSA) is 138 Å². The van der Waals surface area contributed by atoms with Crippen LogP contribution in [0.3, 0.4) is 0 Å². The molecule has 9 heteroatoms. The summed E-state index contributed by atoms with van der Waals surface area (Å²) in [5.74, 6) is -0.0355. The number of amides is 1. The van der Waals surface area contributed by atoms with E-state index in [-0.39, 0.29) is 11.4 Å². The Balaban J connectivity index is 2.86. The van der Waals surface area contributed by atoms with Gasteiger partial charge in [0.2, 0.25) is 0 Å². The minimum atomic E-state index is -1.18. The summed E-state index contributed by atoms with van der Waals surface area (Å²) in [6, 6.07) is 4.64. The lowest BCUT2D eigenvalue weighted by atomic mass is 10.3. The SMILES string of the molecule is [N-]=C=C(C(=O)Nc1ccc([N+](=O)[O-])cc1)[N+](=O)[O-]. The highest BCUT2D eigenvalue weighted by Crippen LogP contribution is 2.15. The molecule has 0 spiro atoms. The molecule has 0 aliphatic carbocycles. The molecule has 1 amide bonds. The van der Waals surface area contributed by atoms with Crippen molar-refractivity contribution in [3.05, 3.63) is 55.6 Å². The molecule has 0 fully saturated rings. The van der Waals surface area contributed by atoms with E-state index in [9.17, 15) is 25.0 Å². The van der Waals surface area contributed by atoms with Crippen molar-refractivity contribution in [1.82, 2.24) is 0 Å². The third-order valence-corrected chi connectivity index (χ3v) is 1.84. The molecule has 0 saturated carbocycles. The number of rotatable bonds is 4. The molecule has 0 heterocycles. The van der Waals surface area contributed by atoms with E-state index < -0.39 is 21.5 Å². The van der Waals surface area contributed by atoms with Gasteiger partial charge >= 0.3 is 11.6 Å². The Bertz CT molecular complexity index is 559. The van der Waals surface area contributed by atoms with Crippen molar-refractivity contribution >= 4 is 23.2 Å². The number of nitro benzene ring substituents is 1. The van der Waals surface area contributed by atoms with Crippen LogP contribution in [0.2, 0.25) is 0 Å². The molecule has 0 atom stereocenters. The number of nitrogens with one attached hydrogen (secondary N) is 1. The predicted octanol–water partition coefficient (Wildman–Crippen LogP) is 0.933. The maximum absolute atomic E-state index is 11.3. The van der Waals surface area contributed by atoms with Crippen LogP contribution < -0.4 is 5.32 Å². The summed E-state index contributed by atoms with van der Waals surface area (Å²) >= 11 is 0. The Kier molecular flexibility index (Phi) is 3.85. The summed E-state index contributed by atoms with van der Waals surface area (Å²) in [6.07, 6.45) is 0. The number of carbonyl (C=O) groups excluding carboxylic acids is 1. The molecular weight excluding hydrogens is 244 g/mol. The van der Waals surface area contributed by atoms with Gasteiger partial charge < -0.3 is 10.7 Å². The second kappa shape index (κ2) is 5.32. The van der Waals surface area contributed by atoms with E-state index in [2.05, 4.69) is 5.32 Å². The normalized spacial score (nSPS) is 9.11. The number of anilines is 1. The lowest BCUT2D eigenvalue weighted by Gasteiger charge is -2.02. The van der Waals surface area contributed by atoms with Gasteiger partial charge in [-0.3, -0.25) is 25.0 Å². The van der Waals surface area contributed by atoms with Crippen molar-refractivity contribution in [1.29, 1.82) is 0 Å². The molecule has 92 valence electrons. The van der Waals surface area contributed by atoms with Gasteiger partial charge in [-0.25, -0.2) is 0 Å². The van der Waals surface area contributed by atoms with Gasteiger partial charge in [0.15, 0.2) is 0 Å². The summed E-state index contributed by atoms with van der Waals surface area (Å²) in [4.78, 5) is 30.2. The summed E-state index contributed by atoms with van der Waals surface area (Å²) in [5.41, 5.74) is -1.24. The first-order valence-electron chi connectivity index (χ1n) is 4.43. The zero-order chi connectivity index (χ0) is 13.7. The standard InChI is InChI=1S/C9H5N4O5/c10-5-8(13(17)18)9(14)11-6-1-3-7(4-2-6)12(15)16/h1-4H,(H,11,14)/q-1. The Labute approximate surface area is 99.5 Å². The smallest absolute Gasteiger partial charge is 0.353 e. The zero-order valence-electron chi connectivity index (χ0n) is 8.69. The van der Waals surface area contributed by atoms with E-state index in [4.69, 9.17) is 5.41 Å². The summed E-state index contributed by atoms with van der Waals surface area (Å²) in [6.45, 7) is 0. The van der Waals surface area contributed by atoms with E-state index >= 15 is 0 Å². The number of hydrogen-bond acceptors (Lipinski definition) is 5. The number of non-ortho nitro benzene ring substituents is 1. The third-order valence-electron chi connectivity index (χ3n) is 1.84. The molecule has 18 heavy (non-hydrogen) atoms. The highest BCUT2D eigenvalue weighted by atomic mass is 16.6. The molecule has 0 aliphatic heterocycles. The lowest BCUT2D eigenvalue weighted by Crippen LogP contribution is -2.20. The van der Waals surface area contributed by atoms with Gasteiger partial charge in [0.05, 0.1) is 9.85 Å². The van der Waals surface area contributed by atoms with Crippen LogP contribution in [0.15, 0.2) is 30.0 Å². The Morgan fingerprint density at radius 3 is 2.17 bits per heavy atom. The van der Waals surface area contributed by atoms with Gasteiger partial charge in [-0.2, -0.15) is 5.87 Å². The number of hydrogen-bond donors (Lipinski definition) is 1. The summed E-state index contributed by atoms with van der Waals surface area (Å²) in [5, 5.41) is 31.1.